The van der Waals surface area contributed by atoms with Crippen LogP contribution in [0, 0.1) is 0 Å². The van der Waals surface area contributed by atoms with E-state index in [1.807, 2.05) is 60.7 Å². The molecule has 2 aromatic rings. The number of methoxy groups -OCH3 is 1. The van der Waals surface area contributed by atoms with E-state index in [2.05, 4.69) is 0 Å². The van der Waals surface area contributed by atoms with E-state index in [1.54, 1.807) is 0 Å². The zero-order valence-corrected chi connectivity index (χ0v) is 10.7. The molecule has 0 saturated carbocycles. The van der Waals surface area contributed by atoms with Crippen LogP contribution in [0.2, 0.25) is 0 Å². The smallest absolute Gasteiger partial charge is 0.199 e. The number of ketones is 1. The summed E-state index contributed by atoms with van der Waals surface area (Å²) in [7, 11) is 1.48. The van der Waals surface area contributed by atoms with Crippen molar-refractivity contribution in [2.45, 2.75) is 5.60 Å². The fraction of sp³-hybridized carbons (Fsp3) is 0.188. The van der Waals surface area contributed by atoms with Crippen LogP contribution in [0.1, 0.15) is 11.1 Å². The van der Waals surface area contributed by atoms with E-state index in [0.29, 0.717) is 11.1 Å². The second kappa shape index (κ2) is 5.78. The molecule has 3 heteroatoms. The third-order valence-corrected chi connectivity index (χ3v) is 3.20. The molecule has 0 heterocycles. The van der Waals surface area contributed by atoms with Crippen molar-refractivity contribution in [3.63, 3.8) is 0 Å². The Balaban J connectivity index is 2.66. The maximum atomic E-state index is 12.3. The first kappa shape index (κ1) is 13.5. The fourth-order valence-corrected chi connectivity index (χ4v) is 2.30. The van der Waals surface area contributed by atoms with Gasteiger partial charge >= 0.3 is 0 Å². The highest BCUT2D eigenvalue weighted by molar-refractivity contribution is 5.93. The Kier molecular flexibility index (Phi) is 4.10. The van der Waals surface area contributed by atoms with Gasteiger partial charge in [-0.05, 0) is 11.1 Å². The number of aliphatic hydroxyl groups excluding tert-OH is 1. The lowest BCUT2D eigenvalue weighted by Gasteiger charge is -2.31. The van der Waals surface area contributed by atoms with Gasteiger partial charge in [0.15, 0.2) is 11.4 Å². The van der Waals surface area contributed by atoms with E-state index in [-0.39, 0.29) is 5.78 Å². The van der Waals surface area contributed by atoms with E-state index >= 15 is 0 Å². The van der Waals surface area contributed by atoms with Crippen molar-refractivity contribution in [3.05, 3.63) is 71.8 Å². The number of ether oxygens (including phenoxy) is 1. The summed E-state index contributed by atoms with van der Waals surface area (Å²) in [5.41, 5.74) is 0.169. The van der Waals surface area contributed by atoms with Gasteiger partial charge in [0.05, 0.1) is 0 Å². The molecule has 0 atom stereocenters. The quantitative estimate of drug-likeness (QED) is 0.891. The van der Waals surface area contributed by atoms with E-state index < -0.39 is 12.2 Å². The van der Waals surface area contributed by atoms with E-state index in [0.717, 1.165) is 0 Å². The lowest BCUT2D eigenvalue weighted by molar-refractivity contribution is -0.140. The minimum absolute atomic E-state index is 0.382. The van der Waals surface area contributed by atoms with Gasteiger partial charge in [-0.25, -0.2) is 0 Å². The van der Waals surface area contributed by atoms with Crippen LogP contribution >= 0.6 is 0 Å². The first-order chi connectivity index (χ1) is 9.25. The molecule has 0 aliphatic rings. The predicted octanol–water partition coefficient (Wildman–Crippen LogP) is 2.14. The Morgan fingerprint density at radius 1 is 1.00 bits per heavy atom. The molecule has 0 amide bonds. The van der Waals surface area contributed by atoms with Crippen molar-refractivity contribution >= 4 is 5.78 Å². The number of carbonyl (C=O) groups excluding carboxylic acids is 1. The number of carbonyl (C=O) groups is 1. The van der Waals surface area contributed by atoms with Gasteiger partial charge in [-0.3, -0.25) is 4.79 Å². The number of rotatable bonds is 5. The molecule has 0 aliphatic carbocycles. The van der Waals surface area contributed by atoms with Crippen LogP contribution in [0.3, 0.4) is 0 Å². The number of aliphatic hydroxyl groups is 1. The summed E-state index contributed by atoms with van der Waals surface area (Å²) in [5.74, 6) is -0.382. The van der Waals surface area contributed by atoms with Crippen LogP contribution in [0.15, 0.2) is 60.7 Å². The Morgan fingerprint density at radius 3 is 1.74 bits per heavy atom. The number of hydrogen-bond donors (Lipinski definition) is 1. The summed E-state index contributed by atoms with van der Waals surface area (Å²) in [6.07, 6.45) is 0. The normalized spacial score (nSPS) is 11.3. The van der Waals surface area contributed by atoms with Gasteiger partial charge in [0.2, 0.25) is 0 Å². The zero-order chi connectivity index (χ0) is 13.7. The highest BCUT2D eigenvalue weighted by Crippen LogP contribution is 2.33. The zero-order valence-electron chi connectivity index (χ0n) is 10.7. The van der Waals surface area contributed by atoms with Gasteiger partial charge in [0, 0.05) is 7.11 Å². The highest BCUT2D eigenvalue weighted by Gasteiger charge is 2.41. The molecule has 0 radical (unpaired) electrons. The Morgan fingerprint density at radius 2 is 1.42 bits per heavy atom. The molecule has 0 spiro atoms. The standard InChI is InChI=1S/C16H16O3/c1-19-16(15(18)12-17,13-8-4-2-5-9-13)14-10-6-3-7-11-14/h2-11,17H,12H2,1H3. The molecule has 0 bridgehead atoms. The summed E-state index contributed by atoms with van der Waals surface area (Å²) in [4.78, 5) is 12.3. The number of benzene rings is 2. The Labute approximate surface area is 112 Å². The highest BCUT2D eigenvalue weighted by atomic mass is 16.5. The predicted molar refractivity (Wildman–Crippen MR) is 72.8 cm³/mol. The molecular weight excluding hydrogens is 240 g/mol. The van der Waals surface area contributed by atoms with Gasteiger partial charge in [-0.1, -0.05) is 60.7 Å². The van der Waals surface area contributed by atoms with Crippen molar-refractivity contribution < 1.29 is 14.6 Å². The van der Waals surface area contributed by atoms with Gasteiger partial charge in [-0.2, -0.15) is 0 Å². The molecule has 98 valence electrons. The minimum atomic E-state index is -1.25. The molecule has 0 unspecified atom stereocenters. The van der Waals surface area contributed by atoms with Crippen LogP contribution in [-0.2, 0) is 15.1 Å². The molecule has 3 nitrogen and oxygen atoms in total. The van der Waals surface area contributed by atoms with Crippen LogP contribution < -0.4 is 0 Å². The summed E-state index contributed by atoms with van der Waals surface area (Å²) in [6, 6.07) is 18.4. The van der Waals surface area contributed by atoms with Gasteiger partial charge in [0.25, 0.3) is 0 Å². The van der Waals surface area contributed by atoms with Gasteiger partial charge < -0.3 is 9.84 Å². The van der Waals surface area contributed by atoms with Crippen molar-refractivity contribution in [2.75, 3.05) is 13.7 Å². The van der Waals surface area contributed by atoms with E-state index in [9.17, 15) is 9.90 Å². The monoisotopic (exact) mass is 256 g/mol. The molecule has 0 fully saturated rings. The molecule has 19 heavy (non-hydrogen) atoms. The summed E-state index contributed by atoms with van der Waals surface area (Å²) < 4.78 is 5.55. The number of Topliss-reactive ketones (excluding diaryl/α,β-unsaturated/α-hetero) is 1. The van der Waals surface area contributed by atoms with Crippen molar-refractivity contribution in [2.24, 2.45) is 0 Å². The fourth-order valence-electron chi connectivity index (χ4n) is 2.30. The SMILES string of the molecule is COC(C(=O)CO)(c1ccccc1)c1ccccc1. The maximum absolute atomic E-state index is 12.3. The lowest BCUT2D eigenvalue weighted by atomic mass is 9.82. The van der Waals surface area contributed by atoms with E-state index in [1.165, 1.54) is 7.11 Å². The average molecular weight is 256 g/mol. The van der Waals surface area contributed by atoms with E-state index in [4.69, 9.17) is 4.74 Å². The second-order valence-electron chi connectivity index (χ2n) is 4.20. The molecule has 0 aromatic heterocycles. The van der Waals surface area contributed by atoms with Crippen molar-refractivity contribution in [1.82, 2.24) is 0 Å². The summed E-state index contributed by atoms with van der Waals surface area (Å²) in [5, 5.41) is 9.29. The lowest BCUT2D eigenvalue weighted by Crippen LogP contribution is -2.41. The summed E-state index contributed by atoms with van der Waals surface area (Å²) in [6.45, 7) is -0.572. The molecular formula is C16H16O3. The first-order valence-electron chi connectivity index (χ1n) is 6.06. The van der Waals surface area contributed by atoms with Crippen LogP contribution in [0.25, 0.3) is 0 Å². The number of hydrogen-bond acceptors (Lipinski definition) is 3. The third kappa shape index (κ3) is 2.30. The van der Waals surface area contributed by atoms with Crippen LogP contribution in [-0.4, -0.2) is 24.6 Å². The Bertz CT molecular complexity index is 495. The summed E-state index contributed by atoms with van der Waals surface area (Å²) >= 11 is 0. The molecule has 0 saturated heterocycles. The topological polar surface area (TPSA) is 46.5 Å². The molecule has 2 rings (SSSR count). The molecule has 0 aliphatic heterocycles. The maximum Gasteiger partial charge on any atom is 0.199 e. The van der Waals surface area contributed by atoms with Crippen molar-refractivity contribution in [3.8, 4) is 0 Å². The Hall–Kier alpha value is -1.97. The molecule has 2 aromatic carbocycles. The third-order valence-electron chi connectivity index (χ3n) is 3.20. The van der Waals surface area contributed by atoms with Gasteiger partial charge in [0.1, 0.15) is 6.61 Å². The minimum Gasteiger partial charge on any atom is -0.388 e. The van der Waals surface area contributed by atoms with Crippen LogP contribution in [0.5, 0.6) is 0 Å². The molecule has 1 N–H and O–H groups in total. The average Bonchev–Trinajstić information content (AvgIpc) is 2.50. The van der Waals surface area contributed by atoms with Crippen molar-refractivity contribution in [1.29, 1.82) is 0 Å². The second-order valence-corrected chi connectivity index (χ2v) is 4.20. The van der Waals surface area contributed by atoms with Crippen LogP contribution in [0.4, 0.5) is 0 Å². The first-order valence-corrected chi connectivity index (χ1v) is 6.06. The largest absolute Gasteiger partial charge is 0.388 e. The van der Waals surface area contributed by atoms with Gasteiger partial charge in [-0.15, -0.1) is 0 Å².